The minimum atomic E-state index is -0.116. The van der Waals surface area contributed by atoms with Crippen LogP contribution in [0.15, 0.2) is 29.2 Å². The predicted octanol–water partition coefficient (Wildman–Crippen LogP) is 3.04. The molecule has 0 aromatic heterocycles. The standard InChI is InChI=1S/C12H16OS/c1-14-10-7-5-9(6-8-10)11-3-2-4-12(11)13/h5-8,11-13H,2-4H2,1H3/t11-,12-/m0/s1. The number of hydrogen-bond acceptors (Lipinski definition) is 2. The van der Waals surface area contributed by atoms with Gasteiger partial charge in [0.2, 0.25) is 0 Å². The van der Waals surface area contributed by atoms with Crippen molar-refractivity contribution < 1.29 is 5.11 Å². The molecule has 76 valence electrons. The Hall–Kier alpha value is -0.470. The topological polar surface area (TPSA) is 20.2 Å². The van der Waals surface area contributed by atoms with Gasteiger partial charge in [-0.2, -0.15) is 0 Å². The molecule has 1 nitrogen and oxygen atoms in total. The van der Waals surface area contributed by atoms with Gasteiger partial charge in [-0.3, -0.25) is 0 Å². The summed E-state index contributed by atoms with van der Waals surface area (Å²) in [4.78, 5) is 1.29. The van der Waals surface area contributed by atoms with E-state index < -0.39 is 0 Å². The molecule has 1 fully saturated rings. The summed E-state index contributed by atoms with van der Waals surface area (Å²) in [5.74, 6) is 0.380. The van der Waals surface area contributed by atoms with Crippen molar-refractivity contribution in [3.63, 3.8) is 0 Å². The van der Waals surface area contributed by atoms with E-state index in [9.17, 15) is 5.11 Å². The van der Waals surface area contributed by atoms with E-state index in [2.05, 4.69) is 30.5 Å². The van der Waals surface area contributed by atoms with Crippen LogP contribution in [0.2, 0.25) is 0 Å². The fourth-order valence-corrected chi connectivity index (χ4v) is 2.59. The van der Waals surface area contributed by atoms with Gasteiger partial charge in [-0.05, 0) is 36.8 Å². The zero-order chi connectivity index (χ0) is 9.97. The second-order valence-electron chi connectivity index (χ2n) is 3.88. The van der Waals surface area contributed by atoms with Gasteiger partial charge < -0.3 is 5.11 Å². The number of rotatable bonds is 2. The average Bonchev–Trinajstić information content (AvgIpc) is 2.65. The number of thioether (sulfide) groups is 1. The van der Waals surface area contributed by atoms with E-state index in [4.69, 9.17) is 0 Å². The molecule has 0 bridgehead atoms. The SMILES string of the molecule is CSc1ccc([C@@H]2CCC[C@@H]2O)cc1. The van der Waals surface area contributed by atoms with Crippen LogP contribution in [0, 0.1) is 0 Å². The zero-order valence-corrected chi connectivity index (χ0v) is 9.26. The smallest absolute Gasteiger partial charge is 0.0608 e. The lowest BCUT2D eigenvalue weighted by atomic mass is 9.96. The molecule has 0 amide bonds. The fraction of sp³-hybridized carbons (Fsp3) is 0.500. The molecule has 2 heteroatoms. The number of aliphatic hydroxyl groups is 1. The van der Waals surface area contributed by atoms with Crippen LogP contribution in [0.25, 0.3) is 0 Å². The van der Waals surface area contributed by atoms with E-state index in [0.29, 0.717) is 5.92 Å². The molecular weight excluding hydrogens is 192 g/mol. The molecule has 1 N–H and O–H groups in total. The summed E-state index contributed by atoms with van der Waals surface area (Å²) in [6.45, 7) is 0. The minimum absolute atomic E-state index is 0.116. The van der Waals surface area contributed by atoms with Gasteiger partial charge in [-0.25, -0.2) is 0 Å². The number of hydrogen-bond donors (Lipinski definition) is 1. The summed E-state index contributed by atoms with van der Waals surface area (Å²) in [5, 5.41) is 9.76. The molecule has 1 saturated carbocycles. The van der Waals surface area contributed by atoms with Crippen LogP contribution in [-0.4, -0.2) is 17.5 Å². The highest BCUT2D eigenvalue weighted by Crippen LogP contribution is 2.34. The Morgan fingerprint density at radius 3 is 2.43 bits per heavy atom. The lowest BCUT2D eigenvalue weighted by Crippen LogP contribution is -2.10. The van der Waals surface area contributed by atoms with Crippen LogP contribution in [-0.2, 0) is 0 Å². The molecule has 2 atom stereocenters. The third kappa shape index (κ3) is 1.96. The van der Waals surface area contributed by atoms with Crippen molar-refractivity contribution in [3.05, 3.63) is 29.8 Å². The Balaban J connectivity index is 2.16. The number of aliphatic hydroxyl groups excluding tert-OH is 1. The monoisotopic (exact) mass is 208 g/mol. The van der Waals surface area contributed by atoms with E-state index in [-0.39, 0.29) is 6.10 Å². The van der Waals surface area contributed by atoms with Crippen molar-refractivity contribution in [2.24, 2.45) is 0 Å². The largest absolute Gasteiger partial charge is 0.392 e. The van der Waals surface area contributed by atoms with Crippen molar-refractivity contribution in [1.29, 1.82) is 0 Å². The first-order valence-electron chi connectivity index (χ1n) is 5.13. The first kappa shape index (κ1) is 10.1. The van der Waals surface area contributed by atoms with Crippen LogP contribution in [0.5, 0.6) is 0 Å². The van der Waals surface area contributed by atoms with E-state index >= 15 is 0 Å². The molecule has 1 aromatic carbocycles. The molecule has 0 saturated heterocycles. The molecule has 0 spiro atoms. The normalized spacial score (nSPS) is 26.7. The lowest BCUT2D eigenvalue weighted by Gasteiger charge is -2.14. The molecule has 0 radical (unpaired) electrons. The summed E-state index contributed by atoms with van der Waals surface area (Å²) < 4.78 is 0. The summed E-state index contributed by atoms with van der Waals surface area (Å²) in [5.41, 5.74) is 1.30. The Morgan fingerprint density at radius 2 is 1.93 bits per heavy atom. The molecule has 1 aliphatic rings. The fourth-order valence-electron chi connectivity index (χ4n) is 2.18. The van der Waals surface area contributed by atoms with Crippen molar-refractivity contribution in [2.45, 2.75) is 36.2 Å². The van der Waals surface area contributed by atoms with E-state index in [0.717, 1.165) is 19.3 Å². The quantitative estimate of drug-likeness (QED) is 0.754. The van der Waals surface area contributed by atoms with Crippen molar-refractivity contribution in [1.82, 2.24) is 0 Å². The van der Waals surface area contributed by atoms with Gasteiger partial charge in [0.05, 0.1) is 6.10 Å². The second-order valence-corrected chi connectivity index (χ2v) is 4.76. The van der Waals surface area contributed by atoms with E-state index in [1.165, 1.54) is 10.5 Å². The maximum atomic E-state index is 9.76. The first-order chi connectivity index (χ1) is 6.81. The van der Waals surface area contributed by atoms with Gasteiger partial charge in [-0.1, -0.05) is 18.6 Å². The maximum absolute atomic E-state index is 9.76. The highest BCUT2D eigenvalue weighted by Gasteiger charge is 2.26. The molecule has 0 heterocycles. The van der Waals surface area contributed by atoms with E-state index in [1.54, 1.807) is 11.8 Å². The van der Waals surface area contributed by atoms with Crippen LogP contribution in [0.1, 0.15) is 30.7 Å². The first-order valence-corrected chi connectivity index (χ1v) is 6.36. The molecule has 0 unspecified atom stereocenters. The predicted molar refractivity (Wildman–Crippen MR) is 60.8 cm³/mol. The molecule has 14 heavy (non-hydrogen) atoms. The van der Waals surface area contributed by atoms with Gasteiger partial charge in [0.15, 0.2) is 0 Å². The Labute approximate surface area is 89.5 Å². The summed E-state index contributed by atoms with van der Waals surface area (Å²) in [6.07, 6.45) is 5.24. The third-order valence-electron chi connectivity index (χ3n) is 3.02. The second kappa shape index (κ2) is 4.37. The van der Waals surface area contributed by atoms with Crippen LogP contribution in [0.3, 0.4) is 0 Å². The van der Waals surface area contributed by atoms with Crippen LogP contribution >= 0.6 is 11.8 Å². The molecular formula is C12H16OS. The van der Waals surface area contributed by atoms with Crippen LogP contribution in [0.4, 0.5) is 0 Å². The number of benzene rings is 1. The van der Waals surface area contributed by atoms with Crippen molar-refractivity contribution >= 4 is 11.8 Å². The molecule has 0 aliphatic heterocycles. The van der Waals surface area contributed by atoms with Crippen LogP contribution < -0.4 is 0 Å². The lowest BCUT2D eigenvalue weighted by molar-refractivity contribution is 0.164. The van der Waals surface area contributed by atoms with Gasteiger partial charge in [0.25, 0.3) is 0 Å². The average molecular weight is 208 g/mol. The van der Waals surface area contributed by atoms with Gasteiger partial charge in [0.1, 0.15) is 0 Å². The van der Waals surface area contributed by atoms with E-state index in [1.807, 2.05) is 0 Å². The summed E-state index contributed by atoms with van der Waals surface area (Å²) >= 11 is 1.76. The van der Waals surface area contributed by atoms with Gasteiger partial charge in [0, 0.05) is 10.8 Å². The molecule has 1 aromatic rings. The molecule has 1 aliphatic carbocycles. The minimum Gasteiger partial charge on any atom is -0.392 e. The van der Waals surface area contributed by atoms with Crippen molar-refractivity contribution in [3.8, 4) is 0 Å². The maximum Gasteiger partial charge on any atom is 0.0608 e. The van der Waals surface area contributed by atoms with Gasteiger partial charge in [-0.15, -0.1) is 11.8 Å². The highest BCUT2D eigenvalue weighted by atomic mass is 32.2. The summed E-state index contributed by atoms with van der Waals surface area (Å²) in [6, 6.07) is 8.60. The Morgan fingerprint density at radius 1 is 1.21 bits per heavy atom. The Kier molecular flexibility index (Phi) is 3.14. The third-order valence-corrected chi connectivity index (χ3v) is 3.77. The zero-order valence-electron chi connectivity index (χ0n) is 8.44. The summed E-state index contributed by atoms with van der Waals surface area (Å²) in [7, 11) is 0. The Bertz CT molecular complexity index is 294. The van der Waals surface area contributed by atoms with Crippen molar-refractivity contribution in [2.75, 3.05) is 6.26 Å². The molecule has 2 rings (SSSR count). The highest BCUT2D eigenvalue weighted by molar-refractivity contribution is 7.98. The van der Waals surface area contributed by atoms with Gasteiger partial charge >= 0.3 is 0 Å².